The molecule has 1 amide bonds. The van der Waals surface area contributed by atoms with Gasteiger partial charge in [0.2, 0.25) is 5.91 Å². The summed E-state index contributed by atoms with van der Waals surface area (Å²) >= 11 is 0. The van der Waals surface area contributed by atoms with E-state index in [-0.39, 0.29) is 12.0 Å². The lowest BCUT2D eigenvalue weighted by Crippen LogP contribution is -2.35. The lowest BCUT2D eigenvalue weighted by atomic mass is 10.1. The van der Waals surface area contributed by atoms with Gasteiger partial charge in [-0.1, -0.05) is 24.3 Å². The molecule has 1 aromatic carbocycles. The minimum Gasteiger partial charge on any atom is -0.393 e. The Morgan fingerprint density at radius 1 is 1.23 bits per heavy atom. The molecule has 5 heteroatoms. The second kappa shape index (κ2) is 8.88. The Kier molecular flexibility index (Phi) is 6.83. The van der Waals surface area contributed by atoms with Crippen LogP contribution >= 0.6 is 0 Å². The molecule has 22 heavy (non-hydrogen) atoms. The van der Waals surface area contributed by atoms with Gasteiger partial charge in [0, 0.05) is 32.6 Å². The van der Waals surface area contributed by atoms with Gasteiger partial charge in [0.1, 0.15) is 0 Å². The van der Waals surface area contributed by atoms with Crippen molar-refractivity contribution in [3.63, 3.8) is 0 Å². The van der Waals surface area contributed by atoms with Crippen molar-refractivity contribution in [2.45, 2.75) is 44.9 Å². The minimum absolute atomic E-state index is 0.0569. The summed E-state index contributed by atoms with van der Waals surface area (Å²) in [6, 6.07) is 8.37. The Hall–Kier alpha value is -1.43. The summed E-state index contributed by atoms with van der Waals surface area (Å²) in [5, 5.41) is 12.4. The van der Waals surface area contributed by atoms with Crippen molar-refractivity contribution in [3.8, 4) is 0 Å². The van der Waals surface area contributed by atoms with Crippen molar-refractivity contribution in [2.75, 3.05) is 19.6 Å². The van der Waals surface area contributed by atoms with Gasteiger partial charge in [0.25, 0.3) is 0 Å². The summed E-state index contributed by atoms with van der Waals surface area (Å²) in [5.74, 6) is 0.0569. The zero-order valence-electron chi connectivity index (χ0n) is 13.1. The van der Waals surface area contributed by atoms with Gasteiger partial charge < -0.3 is 16.2 Å². The van der Waals surface area contributed by atoms with Gasteiger partial charge in [-0.25, -0.2) is 0 Å². The first-order valence-electron chi connectivity index (χ1n) is 8.12. The number of likely N-dealkylation sites (tertiary alicyclic amines) is 1. The molecule has 4 N–H and O–H groups in total. The highest BCUT2D eigenvalue weighted by Gasteiger charge is 2.16. The third-order valence-electron chi connectivity index (χ3n) is 4.08. The van der Waals surface area contributed by atoms with Crippen molar-refractivity contribution in [1.82, 2.24) is 10.2 Å². The van der Waals surface area contributed by atoms with Crippen molar-refractivity contribution < 1.29 is 9.90 Å². The number of carbonyl (C=O) groups excluding carboxylic acids is 1. The predicted molar refractivity (Wildman–Crippen MR) is 87.1 cm³/mol. The monoisotopic (exact) mass is 305 g/mol. The van der Waals surface area contributed by atoms with E-state index in [4.69, 9.17) is 5.73 Å². The standard InChI is InChI=1S/C17H27N3O2/c18-9-1-2-17(22)19-12-14-3-5-15(6-4-14)13-20-10-7-16(21)8-11-20/h3-6,16,21H,1-2,7-13,18H2,(H,19,22). The summed E-state index contributed by atoms with van der Waals surface area (Å²) in [7, 11) is 0. The van der Waals surface area contributed by atoms with Crippen molar-refractivity contribution in [1.29, 1.82) is 0 Å². The molecule has 1 aromatic rings. The first kappa shape index (κ1) is 16.9. The molecule has 1 aliphatic rings. The van der Waals surface area contributed by atoms with Crippen molar-refractivity contribution in [3.05, 3.63) is 35.4 Å². The highest BCUT2D eigenvalue weighted by Crippen LogP contribution is 2.14. The third kappa shape index (κ3) is 5.75. The summed E-state index contributed by atoms with van der Waals surface area (Å²) in [6.07, 6.45) is 2.84. The maximum Gasteiger partial charge on any atom is 0.220 e. The molecule has 0 saturated carbocycles. The number of aliphatic hydroxyl groups excluding tert-OH is 1. The van der Waals surface area contributed by atoms with Crippen LogP contribution in [0.4, 0.5) is 0 Å². The zero-order chi connectivity index (χ0) is 15.8. The van der Waals surface area contributed by atoms with Crippen LogP contribution < -0.4 is 11.1 Å². The molecule has 1 fully saturated rings. The van der Waals surface area contributed by atoms with E-state index < -0.39 is 0 Å². The highest BCUT2D eigenvalue weighted by atomic mass is 16.3. The molecular weight excluding hydrogens is 278 g/mol. The van der Waals surface area contributed by atoms with Crippen LogP contribution in [0.3, 0.4) is 0 Å². The summed E-state index contributed by atoms with van der Waals surface area (Å²) in [4.78, 5) is 13.9. The van der Waals surface area contributed by atoms with E-state index in [0.717, 1.165) is 44.5 Å². The molecule has 0 unspecified atom stereocenters. The van der Waals surface area contributed by atoms with Crippen LogP contribution in [0.2, 0.25) is 0 Å². The number of nitrogens with zero attached hydrogens (tertiary/aromatic N) is 1. The quantitative estimate of drug-likeness (QED) is 0.702. The van der Waals surface area contributed by atoms with Crippen molar-refractivity contribution >= 4 is 5.91 Å². The average Bonchev–Trinajstić information content (AvgIpc) is 2.54. The predicted octanol–water partition coefficient (Wildman–Crippen LogP) is 0.998. The largest absolute Gasteiger partial charge is 0.393 e. The molecular formula is C17H27N3O2. The highest BCUT2D eigenvalue weighted by molar-refractivity contribution is 5.75. The van der Waals surface area contributed by atoms with Gasteiger partial charge in [-0.3, -0.25) is 9.69 Å². The second-order valence-corrected chi connectivity index (χ2v) is 5.99. The first-order chi connectivity index (χ1) is 10.7. The van der Waals surface area contributed by atoms with Crippen LogP contribution in [0.5, 0.6) is 0 Å². The number of hydrogen-bond acceptors (Lipinski definition) is 4. The van der Waals surface area contributed by atoms with Crippen molar-refractivity contribution in [2.24, 2.45) is 5.73 Å². The smallest absolute Gasteiger partial charge is 0.220 e. The normalized spacial score (nSPS) is 16.6. The average molecular weight is 305 g/mol. The number of piperidine rings is 1. The van der Waals surface area contributed by atoms with E-state index in [1.807, 2.05) is 0 Å². The van der Waals surface area contributed by atoms with Crippen LogP contribution in [0.15, 0.2) is 24.3 Å². The van der Waals surface area contributed by atoms with Crippen LogP contribution in [-0.2, 0) is 17.9 Å². The Morgan fingerprint density at radius 2 is 1.86 bits per heavy atom. The number of benzene rings is 1. The molecule has 0 aliphatic carbocycles. The van der Waals surface area contributed by atoms with Gasteiger partial charge in [-0.15, -0.1) is 0 Å². The number of hydrogen-bond donors (Lipinski definition) is 3. The van der Waals surface area contributed by atoms with Crippen LogP contribution in [0.25, 0.3) is 0 Å². The van der Waals surface area contributed by atoms with E-state index >= 15 is 0 Å². The Morgan fingerprint density at radius 3 is 2.50 bits per heavy atom. The summed E-state index contributed by atoms with van der Waals surface area (Å²) in [6.45, 7) is 3.96. The molecule has 0 radical (unpaired) electrons. The molecule has 5 nitrogen and oxygen atoms in total. The molecule has 1 saturated heterocycles. The number of rotatable bonds is 7. The third-order valence-corrected chi connectivity index (χ3v) is 4.08. The van der Waals surface area contributed by atoms with Crippen LogP contribution in [-0.4, -0.2) is 41.7 Å². The zero-order valence-corrected chi connectivity index (χ0v) is 13.1. The van der Waals surface area contributed by atoms with Gasteiger partial charge in [-0.2, -0.15) is 0 Å². The number of amides is 1. The summed E-state index contributed by atoms with van der Waals surface area (Å²) < 4.78 is 0. The minimum atomic E-state index is -0.124. The fourth-order valence-corrected chi connectivity index (χ4v) is 2.65. The number of carbonyl (C=O) groups is 1. The fraction of sp³-hybridized carbons (Fsp3) is 0.588. The molecule has 2 rings (SSSR count). The van der Waals surface area contributed by atoms with Gasteiger partial charge in [-0.05, 0) is 36.9 Å². The number of nitrogens with one attached hydrogen (secondary N) is 1. The SMILES string of the molecule is NCCCC(=O)NCc1ccc(CN2CCC(O)CC2)cc1. The lowest BCUT2D eigenvalue weighted by molar-refractivity contribution is -0.121. The maximum absolute atomic E-state index is 11.5. The maximum atomic E-state index is 11.5. The topological polar surface area (TPSA) is 78.6 Å². The van der Waals surface area contributed by atoms with E-state index in [1.54, 1.807) is 0 Å². The molecule has 0 bridgehead atoms. The molecule has 0 spiro atoms. The molecule has 0 aromatic heterocycles. The van der Waals surface area contributed by atoms with Gasteiger partial charge in [0.15, 0.2) is 0 Å². The lowest BCUT2D eigenvalue weighted by Gasteiger charge is -2.29. The Bertz CT molecular complexity index is 453. The Balaban J connectivity index is 1.74. The first-order valence-corrected chi connectivity index (χ1v) is 8.12. The molecule has 0 atom stereocenters. The molecule has 1 aliphatic heterocycles. The van der Waals surface area contributed by atoms with Gasteiger partial charge in [0.05, 0.1) is 6.10 Å². The van der Waals surface area contributed by atoms with E-state index in [9.17, 15) is 9.90 Å². The molecule has 1 heterocycles. The second-order valence-electron chi connectivity index (χ2n) is 5.99. The van der Waals surface area contributed by atoms with Gasteiger partial charge >= 0.3 is 0 Å². The van der Waals surface area contributed by atoms with E-state index in [1.165, 1.54) is 5.56 Å². The van der Waals surface area contributed by atoms with Crippen LogP contribution in [0, 0.1) is 0 Å². The molecule has 122 valence electrons. The Labute approximate surface area is 132 Å². The fourth-order valence-electron chi connectivity index (χ4n) is 2.65. The van der Waals surface area contributed by atoms with E-state index in [2.05, 4.69) is 34.5 Å². The van der Waals surface area contributed by atoms with E-state index in [0.29, 0.717) is 19.5 Å². The summed E-state index contributed by atoms with van der Waals surface area (Å²) in [5.41, 5.74) is 7.77. The number of nitrogens with two attached hydrogens (primary N) is 1. The number of aliphatic hydroxyl groups is 1. The van der Waals surface area contributed by atoms with Crippen LogP contribution in [0.1, 0.15) is 36.8 Å².